The van der Waals surface area contributed by atoms with Crippen LogP contribution in [0.25, 0.3) is 0 Å². The van der Waals surface area contributed by atoms with Crippen LogP contribution in [0.1, 0.15) is 10.4 Å². The molecule has 0 bridgehead atoms. The smallest absolute Gasteiger partial charge is 0.153 e. The molecule has 0 radical (unpaired) electrons. The van der Waals surface area contributed by atoms with Crippen molar-refractivity contribution in [1.29, 1.82) is 0 Å². The molecule has 0 aliphatic heterocycles. The topological polar surface area (TPSA) is 35.5 Å². The van der Waals surface area contributed by atoms with Gasteiger partial charge in [-0.15, -0.1) is 0 Å². The molecule has 0 fully saturated rings. The second-order valence-electron chi connectivity index (χ2n) is 3.79. The molecule has 4 heteroatoms. The molecule has 0 atom stereocenters. The predicted molar refractivity (Wildman–Crippen MR) is 77.0 cm³/mol. The van der Waals surface area contributed by atoms with Gasteiger partial charge in [-0.2, -0.15) is 0 Å². The van der Waals surface area contributed by atoms with E-state index in [9.17, 15) is 4.79 Å². The van der Waals surface area contributed by atoms with E-state index in [1.807, 2.05) is 36.4 Å². The molecule has 0 amide bonds. The van der Waals surface area contributed by atoms with Crippen molar-refractivity contribution in [3.05, 3.63) is 58.6 Å². The van der Waals surface area contributed by atoms with Crippen LogP contribution in [0.2, 0.25) is 0 Å². The summed E-state index contributed by atoms with van der Waals surface area (Å²) in [5, 5.41) is 0. The number of carbonyl (C=O) groups is 1. The third-order valence-corrected chi connectivity index (χ3v) is 3.09. The number of hydrogen-bond acceptors (Lipinski definition) is 3. The molecule has 0 spiro atoms. The van der Waals surface area contributed by atoms with E-state index in [1.165, 1.54) is 0 Å². The van der Waals surface area contributed by atoms with Gasteiger partial charge in [0, 0.05) is 0 Å². The highest BCUT2D eigenvalue weighted by Crippen LogP contribution is 2.27. The highest BCUT2D eigenvalue weighted by molar-refractivity contribution is 9.10. The Morgan fingerprint density at radius 3 is 2.42 bits per heavy atom. The van der Waals surface area contributed by atoms with E-state index in [-0.39, 0.29) is 0 Å². The Hall–Kier alpha value is -1.81. The second kappa shape index (κ2) is 6.95. The minimum atomic E-state index is 0.373. The third kappa shape index (κ3) is 3.83. The van der Waals surface area contributed by atoms with Gasteiger partial charge in [-0.05, 0) is 40.2 Å². The molecule has 0 aromatic heterocycles. The normalized spacial score (nSPS) is 9.95. The number of rotatable bonds is 6. The highest BCUT2D eigenvalue weighted by Gasteiger charge is 2.07. The molecule has 98 valence electrons. The van der Waals surface area contributed by atoms with Crippen LogP contribution in [-0.4, -0.2) is 19.5 Å². The molecule has 0 saturated heterocycles. The fourth-order valence-corrected chi connectivity index (χ4v) is 2.09. The second-order valence-corrected chi connectivity index (χ2v) is 4.64. The molecule has 0 aliphatic rings. The molecule has 0 heterocycles. The summed E-state index contributed by atoms with van der Waals surface area (Å²) in [6.45, 7) is 0.794. The molecule has 0 aliphatic carbocycles. The van der Waals surface area contributed by atoms with Crippen LogP contribution in [0, 0.1) is 0 Å². The van der Waals surface area contributed by atoms with Crippen LogP contribution in [0.15, 0.2) is 53.0 Å². The van der Waals surface area contributed by atoms with E-state index in [4.69, 9.17) is 9.47 Å². The zero-order chi connectivity index (χ0) is 13.5. The zero-order valence-corrected chi connectivity index (χ0v) is 11.8. The Balaban J connectivity index is 1.88. The van der Waals surface area contributed by atoms with E-state index < -0.39 is 0 Å². The van der Waals surface area contributed by atoms with Gasteiger partial charge in [-0.25, -0.2) is 0 Å². The van der Waals surface area contributed by atoms with Crippen molar-refractivity contribution in [2.75, 3.05) is 13.2 Å². The summed E-state index contributed by atoms with van der Waals surface area (Å²) in [4.78, 5) is 10.9. The summed E-state index contributed by atoms with van der Waals surface area (Å²) in [5.74, 6) is 1.35. The first-order valence-electron chi connectivity index (χ1n) is 5.85. The molecule has 0 N–H and O–H groups in total. The molecular formula is C15H13BrO3. The van der Waals surface area contributed by atoms with E-state index >= 15 is 0 Å². The molecule has 2 aromatic rings. The molecule has 0 saturated carbocycles. The summed E-state index contributed by atoms with van der Waals surface area (Å²) in [6, 6.07) is 14.9. The van der Waals surface area contributed by atoms with Crippen LogP contribution in [0.4, 0.5) is 0 Å². The first-order chi connectivity index (χ1) is 9.31. The third-order valence-electron chi connectivity index (χ3n) is 2.47. The Morgan fingerprint density at radius 1 is 0.947 bits per heavy atom. The molecule has 2 rings (SSSR count). The van der Waals surface area contributed by atoms with E-state index in [0.29, 0.717) is 24.5 Å². The maximum atomic E-state index is 10.9. The average molecular weight is 321 g/mol. The van der Waals surface area contributed by atoms with Crippen molar-refractivity contribution >= 4 is 22.2 Å². The standard InChI is InChI=1S/C15H13BrO3/c16-14-8-4-5-12(11-17)15(14)19-10-9-18-13-6-2-1-3-7-13/h1-8,11H,9-10H2. The summed E-state index contributed by atoms with van der Waals surface area (Å²) in [5.41, 5.74) is 0.522. The molecule has 3 nitrogen and oxygen atoms in total. The predicted octanol–water partition coefficient (Wildman–Crippen LogP) is 3.72. The van der Waals surface area contributed by atoms with Crippen molar-refractivity contribution in [3.63, 3.8) is 0 Å². The van der Waals surface area contributed by atoms with E-state index in [2.05, 4.69) is 15.9 Å². The lowest BCUT2D eigenvalue weighted by Gasteiger charge is -2.11. The number of aldehydes is 1. The Bertz CT molecular complexity index is 540. The van der Waals surface area contributed by atoms with Crippen LogP contribution in [0.3, 0.4) is 0 Å². The van der Waals surface area contributed by atoms with E-state index in [1.54, 1.807) is 12.1 Å². The summed E-state index contributed by atoms with van der Waals surface area (Å²) in [7, 11) is 0. The van der Waals surface area contributed by atoms with Crippen molar-refractivity contribution in [2.45, 2.75) is 0 Å². The van der Waals surface area contributed by atoms with Crippen LogP contribution in [-0.2, 0) is 0 Å². The average Bonchev–Trinajstić information content (AvgIpc) is 2.46. The minimum absolute atomic E-state index is 0.373. The number of halogens is 1. The summed E-state index contributed by atoms with van der Waals surface area (Å²) in [6.07, 6.45) is 0.776. The van der Waals surface area contributed by atoms with Gasteiger partial charge in [-0.1, -0.05) is 24.3 Å². The lowest BCUT2D eigenvalue weighted by Crippen LogP contribution is -2.10. The van der Waals surface area contributed by atoms with Crippen LogP contribution in [0.5, 0.6) is 11.5 Å². The fourth-order valence-electron chi connectivity index (χ4n) is 1.59. The van der Waals surface area contributed by atoms with Crippen molar-refractivity contribution in [2.24, 2.45) is 0 Å². The van der Waals surface area contributed by atoms with Gasteiger partial charge >= 0.3 is 0 Å². The quantitative estimate of drug-likeness (QED) is 0.601. The molecule has 19 heavy (non-hydrogen) atoms. The number of para-hydroxylation sites is 2. The van der Waals surface area contributed by atoms with Gasteiger partial charge in [0.1, 0.15) is 24.7 Å². The van der Waals surface area contributed by atoms with Crippen LogP contribution >= 0.6 is 15.9 Å². The fraction of sp³-hybridized carbons (Fsp3) is 0.133. The summed E-state index contributed by atoms with van der Waals surface area (Å²) < 4.78 is 11.9. The number of ether oxygens (including phenoxy) is 2. The molecule has 0 unspecified atom stereocenters. The SMILES string of the molecule is O=Cc1cccc(Br)c1OCCOc1ccccc1. The largest absolute Gasteiger partial charge is 0.490 e. The monoisotopic (exact) mass is 320 g/mol. The lowest BCUT2D eigenvalue weighted by molar-refractivity contribution is 0.111. The first-order valence-corrected chi connectivity index (χ1v) is 6.65. The minimum Gasteiger partial charge on any atom is -0.490 e. The van der Waals surface area contributed by atoms with Gasteiger partial charge in [-0.3, -0.25) is 4.79 Å². The van der Waals surface area contributed by atoms with Gasteiger partial charge in [0.15, 0.2) is 6.29 Å². The van der Waals surface area contributed by atoms with Crippen molar-refractivity contribution in [3.8, 4) is 11.5 Å². The number of carbonyl (C=O) groups excluding carboxylic acids is 1. The number of benzene rings is 2. The van der Waals surface area contributed by atoms with Gasteiger partial charge in [0.05, 0.1) is 10.0 Å². The van der Waals surface area contributed by atoms with Gasteiger partial charge in [0.2, 0.25) is 0 Å². The number of hydrogen-bond donors (Lipinski definition) is 0. The molecular weight excluding hydrogens is 308 g/mol. The Kier molecular flexibility index (Phi) is 4.98. The maximum absolute atomic E-state index is 10.9. The van der Waals surface area contributed by atoms with Crippen LogP contribution < -0.4 is 9.47 Å². The highest BCUT2D eigenvalue weighted by atomic mass is 79.9. The summed E-state index contributed by atoms with van der Waals surface area (Å²) >= 11 is 3.36. The Labute approximate surface area is 120 Å². The Morgan fingerprint density at radius 2 is 1.68 bits per heavy atom. The zero-order valence-electron chi connectivity index (χ0n) is 10.2. The maximum Gasteiger partial charge on any atom is 0.153 e. The van der Waals surface area contributed by atoms with E-state index in [0.717, 1.165) is 16.5 Å². The first kappa shape index (κ1) is 13.6. The lowest BCUT2D eigenvalue weighted by atomic mass is 10.2. The van der Waals surface area contributed by atoms with Crippen molar-refractivity contribution < 1.29 is 14.3 Å². The van der Waals surface area contributed by atoms with Gasteiger partial charge < -0.3 is 9.47 Å². The van der Waals surface area contributed by atoms with Crippen molar-refractivity contribution in [1.82, 2.24) is 0 Å². The van der Waals surface area contributed by atoms with Gasteiger partial charge in [0.25, 0.3) is 0 Å². The molecule has 2 aromatic carbocycles.